The Morgan fingerprint density at radius 1 is 1.24 bits per heavy atom. The van der Waals surface area contributed by atoms with Crippen molar-refractivity contribution in [3.8, 4) is 0 Å². The average Bonchev–Trinajstić information content (AvgIpc) is 2.35. The Morgan fingerprint density at radius 2 is 1.76 bits per heavy atom. The standard InChI is InChI=1S/C13H13BrF3NO3/c1-12(2,11(20)21)18(3)10(19)7-4-5-9(14)8(6-7)13(15,16)17/h4-6H,1-3H3,(H,20,21). The van der Waals surface area contributed by atoms with E-state index in [1.807, 2.05) is 0 Å². The highest BCUT2D eigenvalue weighted by Crippen LogP contribution is 2.35. The molecule has 0 aliphatic heterocycles. The molecule has 0 aliphatic rings. The third kappa shape index (κ3) is 3.55. The number of carboxylic acid groups (broad SMARTS) is 1. The fraction of sp³-hybridized carbons (Fsp3) is 0.385. The number of rotatable bonds is 3. The lowest BCUT2D eigenvalue weighted by atomic mass is 10.0. The topological polar surface area (TPSA) is 57.6 Å². The molecule has 21 heavy (non-hydrogen) atoms. The lowest BCUT2D eigenvalue weighted by Crippen LogP contribution is -2.50. The first-order valence-corrected chi connectivity index (χ1v) is 6.56. The van der Waals surface area contributed by atoms with Crippen molar-refractivity contribution >= 4 is 27.8 Å². The minimum atomic E-state index is -4.62. The summed E-state index contributed by atoms with van der Waals surface area (Å²) in [6, 6.07) is 3.01. The molecule has 0 saturated carbocycles. The molecule has 1 aromatic rings. The number of carboxylic acids is 1. The fourth-order valence-corrected chi connectivity index (χ4v) is 1.94. The summed E-state index contributed by atoms with van der Waals surface area (Å²) in [7, 11) is 1.23. The van der Waals surface area contributed by atoms with Crippen molar-refractivity contribution in [1.29, 1.82) is 0 Å². The van der Waals surface area contributed by atoms with Crippen LogP contribution in [0.25, 0.3) is 0 Å². The zero-order chi connectivity index (χ0) is 16.6. The first-order chi connectivity index (χ1) is 9.39. The molecule has 0 bridgehead atoms. The smallest absolute Gasteiger partial charge is 0.417 e. The first-order valence-electron chi connectivity index (χ1n) is 5.77. The molecule has 4 nitrogen and oxygen atoms in total. The zero-order valence-electron chi connectivity index (χ0n) is 11.5. The summed E-state index contributed by atoms with van der Waals surface area (Å²) >= 11 is 2.78. The number of carbonyl (C=O) groups excluding carboxylic acids is 1. The number of carbonyl (C=O) groups is 2. The van der Waals surface area contributed by atoms with Crippen LogP contribution in [0.4, 0.5) is 13.2 Å². The van der Waals surface area contributed by atoms with Crippen LogP contribution in [0, 0.1) is 0 Å². The molecule has 0 unspecified atom stereocenters. The van der Waals surface area contributed by atoms with Gasteiger partial charge >= 0.3 is 12.1 Å². The van der Waals surface area contributed by atoms with Gasteiger partial charge in [0.05, 0.1) is 5.56 Å². The second-order valence-electron chi connectivity index (χ2n) is 4.92. The van der Waals surface area contributed by atoms with Crippen LogP contribution in [-0.2, 0) is 11.0 Å². The van der Waals surface area contributed by atoms with Crippen molar-refractivity contribution in [1.82, 2.24) is 4.90 Å². The number of hydrogen-bond donors (Lipinski definition) is 1. The molecule has 0 aromatic heterocycles. The summed E-state index contributed by atoms with van der Waals surface area (Å²) in [6.45, 7) is 2.58. The minimum absolute atomic E-state index is 0.188. The van der Waals surface area contributed by atoms with Gasteiger partial charge in [0.1, 0.15) is 5.54 Å². The van der Waals surface area contributed by atoms with E-state index in [4.69, 9.17) is 5.11 Å². The first kappa shape index (κ1) is 17.5. The summed E-state index contributed by atoms with van der Waals surface area (Å²) in [5, 5.41) is 9.05. The zero-order valence-corrected chi connectivity index (χ0v) is 13.0. The maximum atomic E-state index is 12.8. The molecule has 1 aromatic carbocycles. The number of nitrogens with zero attached hydrogens (tertiary/aromatic N) is 1. The number of benzene rings is 1. The van der Waals surface area contributed by atoms with E-state index in [0.29, 0.717) is 6.07 Å². The number of amides is 1. The van der Waals surface area contributed by atoms with Crippen LogP contribution in [0.5, 0.6) is 0 Å². The largest absolute Gasteiger partial charge is 0.480 e. The number of aliphatic carboxylic acids is 1. The van der Waals surface area contributed by atoms with Crippen LogP contribution in [0.1, 0.15) is 29.8 Å². The Bertz CT molecular complexity index is 585. The molecule has 0 spiro atoms. The van der Waals surface area contributed by atoms with Gasteiger partial charge in [0.25, 0.3) is 5.91 Å². The lowest BCUT2D eigenvalue weighted by molar-refractivity contribution is -0.147. The number of alkyl halides is 3. The summed E-state index contributed by atoms with van der Waals surface area (Å²) in [6.07, 6.45) is -4.62. The van der Waals surface area contributed by atoms with Gasteiger partial charge in [0, 0.05) is 17.1 Å². The maximum absolute atomic E-state index is 12.8. The Balaban J connectivity index is 3.24. The molecular formula is C13H13BrF3NO3. The summed E-state index contributed by atoms with van der Waals surface area (Å²) in [5.74, 6) is -2.06. The van der Waals surface area contributed by atoms with Crippen molar-refractivity contribution in [3.63, 3.8) is 0 Å². The van der Waals surface area contributed by atoms with E-state index < -0.39 is 29.2 Å². The highest BCUT2D eigenvalue weighted by atomic mass is 79.9. The molecule has 0 aliphatic carbocycles. The van der Waals surface area contributed by atoms with E-state index in [9.17, 15) is 22.8 Å². The van der Waals surface area contributed by atoms with Gasteiger partial charge in [0.15, 0.2) is 0 Å². The van der Waals surface area contributed by atoms with E-state index in [0.717, 1.165) is 11.0 Å². The van der Waals surface area contributed by atoms with Gasteiger partial charge in [-0.15, -0.1) is 0 Å². The third-order valence-electron chi connectivity index (χ3n) is 3.19. The van der Waals surface area contributed by atoms with Crippen molar-refractivity contribution in [2.45, 2.75) is 25.6 Å². The summed E-state index contributed by atoms with van der Waals surface area (Å²) < 4.78 is 38.2. The third-order valence-corrected chi connectivity index (χ3v) is 3.88. The molecule has 0 fully saturated rings. The second-order valence-corrected chi connectivity index (χ2v) is 5.78. The quantitative estimate of drug-likeness (QED) is 0.890. The molecule has 0 saturated heterocycles. The van der Waals surface area contributed by atoms with E-state index in [-0.39, 0.29) is 10.0 Å². The average molecular weight is 368 g/mol. The van der Waals surface area contributed by atoms with Gasteiger partial charge in [0.2, 0.25) is 0 Å². The van der Waals surface area contributed by atoms with E-state index in [2.05, 4.69) is 15.9 Å². The van der Waals surface area contributed by atoms with Gasteiger partial charge in [-0.1, -0.05) is 15.9 Å². The van der Waals surface area contributed by atoms with Crippen LogP contribution < -0.4 is 0 Å². The molecule has 0 radical (unpaired) electrons. The normalized spacial score (nSPS) is 12.1. The Hall–Kier alpha value is -1.57. The van der Waals surface area contributed by atoms with Crippen LogP contribution in [-0.4, -0.2) is 34.5 Å². The fourth-order valence-electron chi connectivity index (χ4n) is 1.47. The molecule has 1 rings (SSSR count). The molecule has 1 amide bonds. The van der Waals surface area contributed by atoms with Crippen molar-refractivity contribution in [2.24, 2.45) is 0 Å². The van der Waals surface area contributed by atoms with E-state index in [1.54, 1.807) is 0 Å². The van der Waals surface area contributed by atoms with Crippen LogP contribution >= 0.6 is 15.9 Å². The van der Waals surface area contributed by atoms with Gasteiger partial charge in [-0.25, -0.2) is 4.79 Å². The van der Waals surface area contributed by atoms with Crippen LogP contribution in [0.2, 0.25) is 0 Å². The van der Waals surface area contributed by atoms with Crippen molar-refractivity contribution in [2.75, 3.05) is 7.05 Å². The highest BCUT2D eigenvalue weighted by Gasteiger charge is 2.37. The van der Waals surface area contributed by atoms with Crippen molar-refractivity contribution < 1.29 is 27.9 Å². The van der Waals surface area contributed by atoms with Gasteiger partial charge < -0.3 is 10.0 Å². The molecule has 0 heterocycles. The number of likely N-dealkylation sites (N-methyl/N-ethyl adjacent to an activating group) is 1. The van der Waals surface area contributed by atoms with Crippen LogP contribution in [0.15, 0.2) is 22.7 Å². The molecular weight excluding hydrogens is 355 g/mol. The predicted octanol–water partition coefficient (Wildman–Crippen LogP) is 3.40. The molecule has 116 valence electrons. The molecule has 0 atom stereocenters. The Labute approximate surface area is 127 Å². The van der Waals surface area contributed by atoms with E-state index >= 15 is 0 Å². The van der Waals surface area contributed by atoms with E-state index in [1.165, 1.54) is 27.0 Å². The SMILES string of the molecule is CN(C(=O)c1ccc(Br)c(C(F)(F)F)c1)C(C)(C)C(=O)O. The van der Waals surface area contributed by atoms with Gasteiger partial charge in [-0.2, -0.15) is 13.2 Å². The predicted molar refractivity (Wildman–Crippen MR) is 73.0 cm³/mol. The number of halogens is 4. The van der Waals surface area contributed by atoms with Crippen LogP contribution in [0.3, 0.4) is 0 Å². The summed E-state index contributed by atoms with van der Waals surface area (Å²) in [5.41, 5.74) is -2.76. The summed E-state index contributed by atoms with van der Waals surface area (Å²) in [4.78, 5) is 24.2. The van der Waals surface area contributed by atoms with Gasteiger partial charge in [-0.05, 0) is 32.0 Å². The second kappa shape index (κ2) is 5.67. The Kier molecular flexibility index (Phi) is 4.72. The molecule has 1 N–H and O–H groups in total. The highest BCUT2D eigenvalue weighted by molar-refractivity contribution is 9.10. The monoisotopic (exact) mass is 367 g/mol. The number of hydrogen-bond acceptors (Lipinski definition) is 2. The molecule has 8 heteroatoms. The minimum Gasteiger partial charge on any atom is -0.480 e. The van der Waals surface area contributed by atoms with Gasteiger partial charge in [-0.3, -0.25) is 4.79 Å². The maximum Gasteiger partial charge on any atom is 0.417 e. The Morgan fingerprint density at radius 3 is 2.19 bits per heavy atom. The lowest BCUT2D eigenvalue weighted by Gasteiger charge is -2.31. The van der Waals surface area contributed by atoms with Crippen molar-refractivity contribution in [3.05, 3.63) is 33.8 Å².